The van der Waals surface area contributed by atoms with Crippen molar-refractivity contribution in [1.29, 1.82) is 0 Å². The molecule has 0 spiro atoms. The molecule has 0 aliphatic rings. The molecule has 0 aliphatic heterocycles. The normalized spacial score (nSPS) is 13.2. The molecular weight excluding hydrogens is 727 g/mol. The maximum Gasteiger partial charge on any atom is 0.306 e. The lowest BCUT2D eigenvalue weighted by Gasteiger charge is -2.34. The molecule has 0 bridgehead atoms. The summed E-state index contributed by atoms with van der Waals surface area (Å²) < 4.78 is 17.2. The van der Waals surface area contributed by atoms with Gasteiger partial charge in [0, 0.05) is 19.3 Å². The Morgan fingerprint density at radius 1 is 0.517 bits per heavy atom. The average molecular weight is 818 g/mol. The van der Waals surface area contributed by atoms with E-state index >= 15 is 0 Å². The van der Waals surface area contributed by atoms with E-state index in [4.69, 9.17) is 14.2 Å². The van der Waals surface area contributed by atoms with Gasteiger partial charge in [-0.15, -0.1) is 0 Å². The Kier molecular flexibility index (Phi) is 39.5. The Morgan fingerprint density at radius 2 is 0.948 bits per heavy atom. The molecule has 8 heteroatoms. The second-order valence-corrected chi connectivity index (χ2v) is 17.3. The Hall–Kier alpha value is -2.45. The predicted molar refractivity (Wildman–Crippen MR) is 240 cm³/mol. The first kappa shape index (κ1) is 55.5. The highest BCUT2D eigenvalue weighted by Crippen LogP contribution is 2.15. The highest BCUT2D eigenvalue weighted by molar-refractivity contribution is 5.70. The molecule has 0 aromatic heterocycles. The molecule has 338 valence electrons. The number of quaternary nitrogens is 1. The van der Waals surface area contributed by atoms with Gasteiger partial charge in [-0.2, -0.15) is 0 Å². The molecule has 0 aromatic carbocycles. The first-order valence-corrected chi connectivity index (χ1v) is 24.0. The van der Waals surface area contributed by atoms with Gasteiger partial charge in [0.25, 0.3) is 0 Å². The topological polar surface area (TPSA) is 102 Å². The molecule has 0 aromatic rings. The number of hydrogen-bond donors (Lipinski definition) is 0. The summed E-state index contributed by atoms with van der Waals surface area (Å²) in [5.41, 5.74) is 0. The monoisotopic (exact) mass is 818 g/mol. The summed E-state index contributed by atoms with van der Waals surface area (Å²) in [5.74, 6) is -1.75. The van der Waals surface area contributed by atoms with Crippen LogP contribution in [0.5, 0.6) is 0 Å². The first-order valence-electron chi connectivity index (χ1n) is 24.0. The smallest absolute Gasteiger partial charge is 0.306 e. The van der Waals surface area contributed by atoms with Gasteiger partial charge >= 0.3 is 11.9 Å². The molecule has 0 N–H and O–H groups in total. The molecule has 0 amide bonds. The summed E-state index contributed by atoms with van der Waals surface area (Å²) >= 11 is 0. The van der Waals surface area contributed by atoms with Gasteiger partial charge in [0.2, 0.25) is 0 Å². The number of ether oxygens (including phenoxy) is 3. The van der Waals surface area contributed by atoms with Crippen LogP contribution in [0.2, 0.25) is 0 Å². The second-order valence-electron chi connectivity index (χ2n) is 17.3. The fourth-order valence-electron chi connectivity index (χ4n) is 6.99. The first-order chi connectivity index (χ1) is 28.1. The maximum absolute atomic E-state index is 12.7. The number of carbonyl (C=O) groups excluding carboxylic acids is 3. The summed E-state index contributed by atoms with van der Waals surface area (Å²) in [6.45, 7) is 4.59. The number of esters is 2. The summed E-state index contributed by atoms with van der Waals surface area (Å²) in [6, 6.07) is -0.728. The van der Waals surface area contributed by atoms with E-state index in [1.54, 1.807) is 21.1 Å². The Bertz CT molecular complexity index is 1050. The molecule has 58 heavy (non-hydrogen) atoms. The molecule has 2 unspecified atom stereocenters. The number of hydrogen-bond acceptors (Lipinski definition) is 7. The van der Waals surface area contributed by atoms with Crippen LogP contribution in [-0.4, -0.2) is 75.5 Å². The molecule has 0 fully saturated rings. The van der Waals surface area contributed by atoms with Crippen LogP contribution in [0.4, 0.5) is 0 Å². The van der Waals surface area contributed by atoms with Gasteiger partial charge < -0.3 is 28.6 Å². The number of carbonyl (C=O) groups is 3. The van der Waals surface area contributed by atoms with Crippen LogP contribution in [0.15, 0.2) is 36.5 Å². The third-order valence-corrected chi connectivity index (χ3v) is 10.7. The fraction of sp³-hybridized carbons (Fsp3) is 0.820. The Labute approximate surface area is 357 Å². The number of rotatable bonds is 43. The number of allylic oxidation sites excluding steroid dienone is 6. The largest absolute Gasteiger partial charge is 0.544 e. The van der Waals surface area contributed by atoms with Crippen molar-refractivity contribution in [1.82, 2.24) is 0 Å². The Morgan fingerprint density at radius 3 is 1.41 bits per heavy atom. The average Bonchev–Trinajstić information content (AvgIpc) is 3.18. The highest BCUT2D eigenvalue weighted by atomic mass is 16.6. The quantitative estimate of drug-likeness (QED) is 0.0261. The summed E-state index contributed by atoms with van der Waals surface area (Å²) in [6.07, 6.45) is 47.4. The lowest BCUT2D eigenvalue weighted by molar-refractivity contribution is -0.889. The zero-order valence-corrected chi connectivity index (χ0v) is 38.5. The number of carboxylic acids is 1. The van der Waals surface area contributed by atoms with Crippen molar-refractivity contribution >= 4 is 17.9 Å². The van der Waals surface area contributed by atoms with Gasteiger partial charge in [0.15, 0.2) is 6.10 Å². The van der Waals surface area contributed by atoms with Gasteiger partial charge in [-0.05, 0) is 64.2 Å². The van der Waals surface area contributed by atoms with Crippen LogP contribution in [0.3, 0.4) is 0 Å². The van der Waals surface area contributed by atoms with Crippen LogP contribution in [-0.2, 0) is 28.6 Å². The van der Waals surface area contributed by atoms with Crippen molar-refractivity contribution in [2.45, 2.75) is 225 Å². The number of likely N-dealkylation sites (N-methyl/N-ethyl adjacent to an activating group) is 1. The highest BCUT2D eigenvalue weighted by Gasteiger charge is 2.25. The molecule has 0 saturated carbocycles. The van der Waals surface area contributed by atoms with E-state index < -0.39 is 18.1 Å². The minimum atomic E-state index is -1.13. The number of aliphatic carboxylic acids is 1. The van der Waals surface area contributed by atoms with Gasteiger partial charge in [0.05, 0.1) is 40.3 Å². The molecule has 8 nitrogen and oxygen atoms in total. The number of unbranched alkanes of at least 4 members (excludes halogenated alkanes) is 23. The number of carboxylic acid groups (broad SMARTS) is 1. The van der Waals surface area contributed by atoms with E-state index in [2.05, 4.69) is 50.3 Å². The lowest BCUT2D eigenvalue weighted by Crippen LogP contribution is -2.55. The number of nitrogens with zero attached hydrogens (tertiary/aromatic N) is 1. The summed E-state index contributed by atoms with van der Waals surface area (Å²) in [7, 11) is 5.40. The fourth-order valence-corrected chi connectivity index (χ4v) is 6.99. The van der Waals surface area contributed by atoms with E-state index in [9.17, 15) is 19.5 Å². The van der Waals surface area contributed by atoms with E-state index in [1.807, 2.05) is 0 Å². The third kappa shape index (κ3) is 39.0. The van der Waals surface area contributed by atoms with Crippen molar-refractivity contribution in [2.75, 3.05) is 41.0 Å². The second kappa shape index (κ2) is 41.3. The zero-order valence-electron chi connectivity index (χ0n) is 38.5. The van der Waals surface area contributed by atoms with Crippen molar-refractivity contribution in [3.05, 3.63) is 36.5 Å². The Balaban J connectivity index is 4.24. The van der Waals surface area contributed by atoms with Crippen LogP contribution in [0.1, 0.15) is 213 Å². The van der Waals surface area contributed by atoms with E-state index in [0.717, 1.165) is 70.6 Å². The third-order valence-electron chi connectivity index (χ3n) is 10.7. The molecule has 2 atom stereocenters. The SMILES string of the molecule is CCC/C=C\C/C=C\CCCCCCCC(=O)OC(COCCC(C(=O)[O-])[N+](C)(C)C)COC(=O)CCCCCCCCCCC/C=C\CCCCCCCCCC. The van der Waals surface area contributed by atoms with Crippen LogP contribution in [0, 0.1) is 0 Å². The van der Waals surface area contributed by atoms with Crippen molar-refractivity contribution in [3.8, 4) is 0 Å². The summed E-state index contributed by atoms with van der Waals surface area (Å²) in [4.78, 5) is 36.9. The van der Waals surface area contributed by atoms with E-state index in [1.165, 1.54) is 109 Å². The standard InChI is InChI=1S/C50H91NO7/c1-6-8-10-12-14-16-18-20-21-22-23-24-25-26-27-29-30-32-34-36-38-40-48(52)57-45-46(44-56-43-42-47(50(54)55)51(3,4)5)58-49(53)41-39-37-35-33-31-28-19-17-15-13-11-9-7-2/h11,13,17,19,22-23,46-47H,6-10,12,14-16,18,20-21,24-45H2,1-5H3/b13-11-,19-17-,23-22-. The minimum Gasteiger partial charge on any atom is -0.544 e. The van der Waals surface area contributed by atoms with Crippen molar-refractivity contribution < 1.29 is 38.2 Å². The van der Waals surface area contributed by atoms with Crippen LogP contribution < -0.4 is 5.11 Å². The molecular formula is C50H91NO7. The van der Waals surface area contributed by atoms with Gasteiger partial charge in [-0.25, -0.2) is 0 Å². The van der Waals surface area contributed by atoms with Crippen molar-refractivity contribution in [3.63, 3.8) is 0 Å². The molecule has 0 saturated heterocycles. The zero-order chi connectivity index (χ0) is 42.8. The molecule has 0 aliphatic carbocycles. The van der Waals surface area contributed by atoms with Crippen LogP contribution >= 0.6 is 0 Å². The van der Waals surface area contributed by atoms with E-state index in [-0.39, 0.29) is 42.7 Å². The summed E-state index contributed by atoms with van der Waals surface area (Å²) in [5, 5.41) is 11.6. The molecule has 0 radical (unpaired) electrons. The van der Waals surface area contributed by atoms with E-state index in [0.29, 0.717) is 12.8 Å². The van der Waals surface area contributed by atoms with Crippen molar-refractivity contribution in [2.24, 2.45) is 0 Å². The van der Waals surface area contributed by atoms with Gasteiger partial charge in [0.1, 0.15) is 12.6 Å². The molecule has 0 heterocycles. The molecule has 0 rings (SSSR count). The maximum atomic E-state index is 12.7. The van der Waals surface area contributed by atoms with Gasteiger partial charge in [-0.3, -0.25) is 9.59 Å². The lowest BCUT2D eigenvalue weighted by atomic mass is 10.1. The minimum absolute atomic E-state index is 0.0356. The van der Waals surface area contributed by atoms with Crippen LogP contribution in [0.25, 0.3) is 0 Å². The predicted octanol–water partition coefficient (Wildman–Crippen LogP) is 12.1. The van der Waals surface area contributed by atoms with Gasteiger partial charge in [-0.1, -0.05) is 166 Å².